The van der Waals surface area contributed by atoms with Crippen LogP contribution in [0.2, 0.25) is 0 Å². The molecule has 0 aliphatic rings. The van der Waals surface area contributed by atoms with E-state index in [9.17, 15) is 13.2 Å². The first-order valence-corrected chi connectivity index (χ1v) is 6.92. The fourth-order valence-electron chi connectivity index (χ4n) is 2.15. The molecule has 0 radical (unpaired) electrons. The second-order valence-electron chi connectivity index (χ2n) is 4.93. The molecule has 1 unspecified atom stereocenters. The van der Waals surface area contributed by atoms with Gasteiger partial charge in [0.2, 0.25) is 0 Å². The number of nitrogens with two attached hydrogens (primary N) is 1. The third kappa shape index (κ3) is 7.34. The van der Waals surface area contributed by atoms with Gasteiger partial charge < -0.3 is 15.2 Å². The quantitative estimate of drug-likeness (QED) is 0.713. The topological polar surface area (TPSA) is 44.5 Å². The first kappa shape index (κ1) is 17.8. The molecule has 120 valence electrons. The van der Waals surface area contributed by atoms with Gasteiger partial charge in [0.25, 0.3) is 0 Å². The van der Waals surface area contributed by atoms with Crippen molar-refractivity contribution < 1.29 is 22.6 Å². The first-order valence-electron chi connectivity index (χ1n) is 6.92. The van der Waals surface area contributed by atoms with Gasteiger partial charge in [0.1, 0.15) is 12.4 Å². The number of para-hydroxylation sites is 1. The highest BCUT2D eigenvalue weighted by Crippen LogP contribution is 2.22. The highest BCUT2D eigenvalue weighted by molar-refractivity contribution is 5.33. The lowest BCUT2D eigenvalue weighted by molar-refractivity contribution is -0.174. The van der Waals surface area contributed by atoms with E-state index in [-0.39, 0.29) is 12.5 Å². The van der Waals surface area contributed by atoms with Gasteiger partial charge in [-0.15, -0.1) is 0 Å². The lowest BCUT2D eigenvalue weighted by Crippen LogP contribution is -2.20. The molecular weight excluding hydrogens is 283 g/mol. The van der Waals surface area contributed by atoms with Crippen LogP contribution in [0.4, 0.5) is 13.2 Å². The zero-order valence-corrected chi connectivity index (χ0v) is 12.2. The molecule has 0 saturated carbocycles. The van der Waals surface area contributed by atoms with E-state index in [4.69, 9.17) is 10.5 Å². The molecule has 1 rings (SSSR count). The summed E-state index contributed by atoms with van der Waals surface area (Å²) >= 11 is 0. The minimum absolute atomic E-state index is 0.0991. The Morgan fingerprint density at radius 3 is 2.57 bits per heavy atom. The Kier molecular flexibility index (Phi) is 7.53. The van der Waals surface area contributed by atoms with Crippen LogP contribution in [0.5, 0.6) is 5.75 Å². The molecule has 0 aliphatic carbocycles. The average molecular weight is 305 g/mol. The Morgan fingerprint density at radius 2 is 1.95 bits per heavy atom. The number of hydrogen-bond donors (Lipinski definition) is 1. The molecule has 6 heteroatoms. The highest BCUT2D eigenvalue weighted by Gasteiger charge is 2.27. The highest BCUT2D eigenvalue weighted by atomic mass is 19.4. The number of methoxy groups -OCH3 is 1. The van der Waals surface area contributed by atoms with Gasteiger partial charge in [0, 0.05) is 6.61 Å². The van der Waals surface area contributed by atoms with E-state index in [1.807, 2.05) is 24.3 Å². The van der Waals surface area contributed by atoms with E-state index in [0.717, 1.165) is 24.2 Å². The van der Waals surface area contributed by atoms with Gasteiger partial charge in [-0.2, -0.15) is 13.2 Å². The standard InChI is InChI=1S/C15H22F3NO2/c1-20-14-7-3-2-6-13(14)9-12(10-19)5-4-8-21-11-15(16,17)18/h2-3,6-7,12H,4-5,8-11,19H2,1H3. The predicted octanol–water partition coefficient (Wildman–Crippen LogP) is 3.17. The van der Waals surface area contributed by atoms with Gasteiger partial charge in [0.05, 0.1) is 7.11 Å². The van der Waals surface area contributed by atoms with Crippen molar-refractivity contribution in [3.63, 3.8) is 0 Å². The summed E-state index contributed by atoms with van der Waals surface area (Å²) in [5.74, 6) is 1.01. The monoisotopic (exact) mass is 305 g/mol. The fraction of sp³-hybridized carbons (Fsp3) is 0.600. The summed E-state index contributed by atoms with van der Waals surface area (Å²) < 4.78 is 45.6. The van der Waals surface area contributed by atoms with E-state index in [2.05, 4.69) is 4.74 Å². The molecule has 0 fully saturated rings. The van der Waals surface area contributed by atoms with Crippen molar-refractivity contribution in [2.24, 2.45) is 11.7 Å². The van der Waals surface area contributed by atoms with Crippen LogP contribution in [-0.4, -0.2) is 33.0 Å². The number of alkyl halides is 3. The van der Waals surface area contributed by atoms with Gasteiger partial charge >= 0.3 is 6.18 Å². The molecule has 0 aliphatic heterocycles. The Labute approximate surface area is 123 Å². The maximum atomic E-state index is 11.9. The van der Waals surface area contributed by atoms with Crippen molar-refractivity contribution in [3.8, 4) is 5.75 Å². The minimum atomic E-state index is -4.26. The summed E-state index contributed by atoms with van der Waals surface area (Å²) in [7, 11) is 1.61. The largest absolute Gasteiger partial charge is 0.496 e. The summed E-state index contributed by atoms with van der Waals surface area (Å²) in [6, 6.07) is 7.68. The van der Waals surface area contributed by atoms with Crippen LogP contribution >= 0.6 is 0 Å². The van der Waals surface area contributed by atoms with Gasteiger partial charge in [-0.05, 0) is 43.4 Å². The molecule has 1 aromatic rings. The predicted molar refractivity (Wildman–Crippen MR) is 75.4 cm³/mol. The smallest absolute Gasteiger partial charge is 0.411 e. The van der Waals surface area contributed by atoms with E-state index in [1.54, 1.807) is 7.11 Å². The lowest BCUT2D eigenvalue weighted by atomic mass is 9.94. The van der Waals surface area contributed by atoms with Crippen molar-refractivity contribution in [3.05, 3.63) is 29.8 Å². The van der Waals surface area contributed by atoms with Crippen molar-refractivity contribution in [1.82, 2.24) is 0 Å². The molecule has 1 atom stereocenters. The van der Waals surface area contributed by atoms with Crippen molar-refractivity contribution in [2.45, 2.75) is 25.4 Å². The van der Waals surface area contributed by atoms with Crippen LogP contribution in [-0.2, 0) is 11.2 Å². The zero-order chi connectivity index (χ0) is 15.7. The third-order valence-corrected chi connectivity index (χ3v) is 3.20. The van der Waals surface area contributed by atoms with Crippen LogP contribution in [0, 0.1) is 5.92 Å². The molecule has 0 heterocycles. The third-order valence-electron chi connectivity index (χ3n) is 3.20. The van der Waals surface area contributed by atoms with E-state index < -0.39 is 12.8 Å². The Morgan fingerprint density at radius 1 is 1.24 bits per heavy atom. The minimum Gasteiger partial charge on any atom is -0.496 e. The molecule has 0 aromatic heterocycles. The normalized spacial score (nSPS) is 13.2. The summed E-state index contributed by atoms with van der Waals surface area (Å²) in [5.41, 5.74) is 6.80. The van der Waals surface area contributed by atoms with E-state index in [1.165, 1.54) is 0 Å². The van der Waals surface area contributed by atoms with E-state index >= 15 is 0 Å². The molecule has 0 amide bonds. The average Bonchev–Trinajstić information content (AvgIpc) is 2.45. The number of hydrogen-bond acceptors (Lipinski definition) is 3. The van der Waals surface area contributed by atoms with Crippen LogP contribution in [0.1, 0.15) is 18.4 Å². The van der Waals surface area contributed by atoms with Crippen LogP contribution in [0.15, 0.2) is 24.3 Å². The number of ether oxygens (including phenoxy) is 2. The van der Waals surface area contributed by atoms with Gasteiger partial charge in [0.15, 0.2) is 0 Å². The molecule has 1 aromatic carbocycles. The number of benzene rings is 1. The van der Waals surface area contributed by atoms with Crippen molar-refractivity contribution >= 4 is 0 Å². The maximum Gasteiger partial charge on any atom is 0.411 e. The second-order valence-corrected chi connectivity index (χ2v) is 4.93. The Hall–Kier alpha value is -1.27. The SMILES string of the molecule is COc1ccccc1CC(CN)CCCOCC(F)(F)F. The number of halogens is 3. The van der Waals surface area contributed by atoms with Crippen molar-refractivity contribution in [2.75, 3.05) is 26.9 Å². The molecule has 3 nitrogen and oxygen atoms in total. The molecule has 2 N–H and O–H groups in total. The number of rotatable bonds is 9. The van der Waals surface area contributed by atoms with Gasteiger partial charge in [-0.1, -0.05) is 18.2 Å². The summed E-state index contributed by atoms with van der Waals surface area (Å²) in [5, 5.41) is 0. The van der Waals surface area contributed by atoms with Gasteiger partial charge in [-0.3, -0.25) is 0 Å². The summed E-state index contributed by atoms with van der Waals surface area (Å²) in [4.78, 5) is 0. The second kappa shape index (κ2) is 8.89. The summed E-state index contributed by atoms with van der Waals surface area (Å²) in [6.07, 6.45) is -2.22. The zero-order valence-electron chi connectivity index (χ0n) is 12.2. The molecular formula is C15H22F3NO2. The molecule has 0 saturated heterocycles. The lowest BCUT2D eigenvalue weighted by Gasteiger charge is -2.17. The van der Waals surface area contributed by atoms with Crippen LogP contribution in [0.3, 0.4) is 0 Å². The molecule has 0 bridgehead atoms. The molecule has 0 spiro atoms. The Balaban J connectivity index is 2.35. The fourth-order valence-corrected chi connectivity index (χ4v) is 2.15. The van der Waals surface area contributed by atoms with Crippen molar-refractivity contribution in [1.29, 1.82) is 0 Å². The Bertz CT molecular complexity index is 410. The van der Waals surface area contributed by atoms with Gasteiger partial charge in [-0.25, -0.2) is 0 Å². The summed E-state index contributed by atoms with van der Waals surface area (Å²) in [6.45, 7) is -0.605. The first-order chi connectivity index (χ1) is 9.96. The maximum absolute atomic E-state index is 11.9. The van der Waals surface area contributed by atoms with Crippen LogP contribution in [0.25, 0.3) is 0 Å². The van der Waals surface area contributed by atoms with Crippen LogP contribution < -0.4 is 10.5 Å². The van der Waals surface area contributed by atoms with E-state index in [0.29, 0.717) is 13.0 Å². The molecule has 21 heavy (non-hydrogen) atoms.